The molecule has 118 valence electrons. The summed E-state index contributed by atoms with van der Waals surface area (Å²) in [5.74, 6) is -0.254. The second kappa shape index (κ2) is 7.42. The molecule has 1 atom stereocenters. The quantitative estimate of drug-likeness (QED) is 0.764. The SMILES string of the molecule is CNC(C(=O)N(C)CC(=O)NC1CC1)c1cnn(C)c1.Cl. The molecule has 2 N–H and O–H groups in total. The molecule has 2 rings (SSSR count). The number of rotatable bonds is 6. The number of halogens is 1. The molecule has 0 aliphatic heterocycles. The van der Waals surface area contributed by atoms with Crippen molar-refractivity contribution in [3.05, 3.63) is 18.0 Å². The van der Waals surface area contributed by atoms with Gasteiger partial charge in [0.05, 0.1) is 12.7 Å². The van der Waals surface area contributed by atoms with Crippen molar-refractivity contribution in [2.24, 2.45) is 7.05 Å². The van der Waals surface area contributed by atoms with E-state index in [1.165, 1.54) is 4.90 Å². The lowest BCUT2D eigenvalue weighted by molar-refractivity contribution is -0.136. The van der Waals surface area contributed by atoms with Gasteiger partial charge in [0.15, 0.2) is 0 Å². The molecule has 1 heterocycles. The number of carbonyl (C=O) groups excluding carboxylic acids is 2. The van der Waals surface area contributed by atoms with E-state index in [-0.39, 0.29) is 30.8 Å². The summed E-state index contributed by atoms with van der Waals surface area (Å²) in [6, 6.07) is -0.174. The molecule has 1 aromatic rings. The molecule has 1 fully saturated rings. The van der Waals surface area contributed by atoms with E-state index in [0.29, 0.717) is 6.04 Å². The van der Waals surface area contributed by atoms with Gasteiger partial charge in [-0.15, -0.1) is 12.4 Å². The average molecular weight is 316 g/mol. The molecule has 1 aliphatic carbocycles. The number of aryl methyl sites for hydroxylation is 1. The van der Waals surface area contributed by atoms with Crippen LogP contribution >= 0.6 is 12.4 Å². The zero-order valence-corrected chi connectivity index (χ0v) is 13.3. The minimum atomic E-state index is -0.484. The third-order valence-electron chi connectivity index (χ3n) is 3.29. The highest BCUT2D eigenvalue weighted by Gasteiger charge is 2.27. The Labute approximate surface area is 130 Å². The lowest BCUT2D eigenvalue weighted by Gasteiger charge is -2.22. The molecule has 7 nitrogen and oxygen atoms in total. The first-order chi connectivity index (χ1) is 9.51. The number of nitrogens with one attached hydrogen (secondary N) is 2. The molecular formula is C13H22ClN5O2. The van der Waals surface area contributed by atoms with Crippen molar-refractivity contribution >= 4 is 24.2 Å². The van der Waals surface area contributed by atoms with Gasteiger partial charge in [-0.25, -0.2) is 0 Å². The topological polar surface area (TPSA) is 79.3 Å². The fourth-order valence-electron chi connectivity index (χ4n) is 2.04. The molecule has 0 bridgehead atoms. The monoisotopic (exact) mass is 315 g/mol. The fourth-order valence-corrected chi connectivity index (χ4v) is 2.04. The van der Waals surface area contributed by atoms with Crippen molar-refractivity contribution in [1.29, 1.82) is 0 Å². The molecule has 8 heteroatoms. The largest absolute Gasteiger partial charge is 0.352 e. The summed E-state index contributed by atoms with van der Waals surface area (Å²) >= 11 is 0. The normalized spacial score (nSPS) is 15.0. The van der Waals surface area contributed by atoms with Crippen LogP contribution in [0.4, 0.5) is 0 Å². The van der Waals surface area contributed by atoms with Crippen LogP contribution in [0.15, 0.2) is 12.4 Å². The lowest BCUT2D eigenvalue weighted by Crippen LogP contribution is -2.43. The Bertz CT molecular complexity index is 501. The van der Waals surface area contributed by atoms with Crippen molar-refractivity contribution in [2.45, 2.75) is 24.9 Å². The van der Waals surface area contributed by atoms with E-state index in [9.17, 15) is 9.59 Å². The number of hydrogen-bond donors (Lipinski definition) is 2. The van der Waals surface area contributed by atoms with Crippen LogP contribution < -0.4 is 10.6 Å². The Kier molecular flexibility index (Phi) is 6.17. The maximum atomic E-state index is 12.4. The van der Waals surface area contributed by atoms with Crippen molar-refractivity contribution in [3.8, 4) is 0 Å². The van der Waals surface area contributed by atoms with Gasteiger partial charge >= 0.3 is 0 Å². The number of likely N-dealkylation sites (N-methyl/N-ethyl adjacent to an activating group) is 2. The Balaban J connectivity index is 0.00000220. The van der Waals surface area contributed by atoms with Gasteiger partial charge in [0, 0.05) is 31.9 Å². The minimum absolute atomic E-state index is 0. The summed E-state index contributed by atoms with van der Waals surface area (Å²) in [4.78, 5) is 25.5. The number of carbonyl (C=O) groups is 2. The van der Waals surface area contributed by atoms with Gasteiger partial charge in [-0.05, 0) is 19.9 Å². The van der Waals surface area contributed by atoms with Gasteiger partial charge in [0.1, 0.15) is 6.04 Å². The van der Waals surface area contributed by atoms with Crippen LogP contribution in [-0.2, 0) is 16.6 Å². The molecule has 1 saturated carbocycles. The number of nitrogens with zero attached hydrogens (tertiary/aromatic N) is 3. The standard InChI is InChI=1S/C13H21N5O2.ClH/c1-14-12(9-6-15-18(3)7-9)13(20)17(2)8-11(19)16-10-4-5-10;/h6-7,10,12,14H,4-5,8H2,1-3H3,(H,16,19);1H. The predicted octanol–water partition coefficient (Wildman–Crippen LogP) is -0.161. The molecule has 1 unspecified atom stereocenters. The highest BCUT2D eigenvalue weighted by atomic mass is 35.5. The highest BCUT2D eigenvalue weighted by Crippen LogP contribution is 2.18. The van der Waals surface area contributed by atoms with Crippen molar-refractivity contribution in [1.82, 2.24) is 25.3 Å². The maximum Gasteiger partial charge on any atom is 0.244 e. The molecule has 0 radical (unpaired) electrons. The van der Waals surface area contributed by atoms with Gasteiger partial charge in [0.2, 0.25) is 11.8 Å². The van der Waals surface area contributed by atoms with Gasteiger partial charge in [0.25, 0.3) is 0 Å². The summed E-state index contributed by atoms with van der Waals surface area (Å²) in [7, 11) is 5.15. The van der Waals surface area contributed by atoms with Crippen molar-refractivity contribution in [2.75, 3.05) is 20.6 Å². The van der Waals surface area contributed by atoms with Crippen LogP contribution in [0.5, 0.6) is 0 Å². The van der Waals surface area contributed by atoms with Crippen molar-refractivity contribution in [3.63, 3.8) is 0 Å². The molecule has 21 heavy (non-hydrogen) atoms. The lowest BCUT2D eigenvalue weighted by atomic mass is 10.1. The molecule has 2 amide bonds. The number of aromatic nitrogens is 2. The van der Waals surface area contributed by atoms with E-state index in [1.807, 2.05) is 0 Å². The zero-order valence-electron chi connectivity index (χ0n) is 12.5. The smallest absolute Gasteiger partial charge is 0.244 e. The second-order valence-electron chi connectivity index (χ2n) is 5.21. The van der Waals surface area contributed by atoms with Gasteiger partial charge in [-0.2, -0.15) is 5.10 Å². The highest BCUT2D eigenvalue weighted by molar-refractivity contribution is 5.88. The predicted molar refractivity (Wildman–Crippen MR) is 81.1 cm³/mol. The van der Waals surface area contributed by atoms with Crippen LogP contribution in [0.3, 0.4) is 0 Å². The van der Waals surface area contributed by atoms with Crippen LogP contribution in [0.25, 0.3) is 0 Å². The van der Waals surface area contributed by atoms with E-state index < -0.39 is 6.04 Å². The van der Waals surface area contributed by atoms with Crippen LogP contribution in [0.2, 0.25) is 0 Å². The van der Waals surface area contributed by atoms with E-state index in [4.69, 9.17) is 0 Å². The first-order valence-electron chi connectivity index (χ1n) is 6.71. The molecule has 0 saturated heterocycles. The molecular weight excluding hydrogens is 294 g/mol. The summed E-state index contributed by atoms with van der Waals surface area (Å²) in [6.07, 6.45) is 5.52. The maximum absolute atomic E-state index is 12.4. The van der Waals surface area contributed by atoms with Crippen LogP contribution in [0, 0.1) is 0 Å². The fraction of sp³-hybridized carbons (Fsp3) is 0.615. The Morgan fingerprint density at radius 3 is 2.67 bits per heavy atom. The third-order valence-corrected chi connectivity index (χ3v) is 3.29. The Morgan fingerprint density at radius 2 is 2.19 bits per heavy atom. The average Bonchev–Trinajstić information content (AvgIpc) is 3.10. The first kappa shape index (κ1) is 17.5. The van der Waals surface area contributed by atoms with Crippen molar-refractivity contribution < 1.29 is 9.59 Å². The Hall–Kier alpha value is -1.60. The Morgan fingerprint density at radius 1 is 1.52 bits per heavy atom. The van der Waals surface area contributed by atoms with Gasteiger partial charge in [-0.3, -0.25) is 14.3 Å². The molecule has 0 spiro atoms. The summed E-state index contributed by atoms with van der Waals surface area (Å²) < 4.78 is 1.65. The summed E-state index contributed by atoms with van der Waals surface area (Å²) in [5.41, 5.74) is 0.787. The van der Waals surface area contributed by atoms with E-state index in [2.05, 4.69) is 15.7 Å². The van der Waals surface area contributed by atoms with Gasteiger partial charge in [-0.1, -0.05) is 0 Å². The van der Waals surface area contributed by atoms with E-state index >= 15 is 0 Å². The molecule has 0 aromatic carbocycles. The molecule has 1 aromatic heterocycles. The third kappa shape index (κ3) is 4.71. The van der Waals surface area contributed by atoms with E-state index in [1.54, 1.807) is 38.2 Å². The summed E-state index contributed by atoms with van der Waals surface area (Å²) in [5, 5.41) is 9.90. The second-order valence-corrected chi connectivity index (χ2v) is 5.21. The summed E-state index contributed by atoms with van der Waals surface area (Å²) in [6.45, 7) is 0.0772. The first-order valence-corrected chi connectivity index (χ1v) is 6.71. The minimum Gasteiger partial charge on any atom is -0.352 e. The number of hydrogen-bond acceptors (Lipinski definition) is 4. The van der Waals surface area contributed by atoms with Gasteiger partial charge < -0.3 is 15.5 Å². The van der Waals surface area contributed by atoms with E-state index in [0.717, 1.165) is 18.4 Å². The van der Waals surface area contributed by atoms with Crippen LogP contribution in [-0.4, -0.2) is 53.2 Å². The van der Waals surface area contributed by atoms with Crippen LogP contribution in [0.1, 0.15) is 24.4 Å². The zero-order chi connectivity index (χ0) is 14.7. The number of amides is 2. The molecule has 1 aliphatic rings.